The molecular weight excluding hydrogens is 240 g/mol. The summed E-state index contributed by atoms with van der Waals surface area (Å²) in [7, 11) is 0. The number of nitrogens with zero attached hydrogens (tertiary/aromatic N) is 3. The minimum Gasteiger partial charge on any atom is -0.394 e. The third kappa shape index (κ3) is 2.01. The fraction of sp³-hybridized carbons (Fsp3) is 0.500. The van der Waals surface area contributed by atoms with Crippen molar-refractivity contribution in [2.45, 2.75) is 24.5 Å². The summed E-state index contributed by atoms with van der Waals surface area (Å²) >= 11 is 0. The van der Waals surface area contributed by atoms with Crippen LogP contribution in [-0.2, 0) is 4.74 Å². The van der Waals surface area contributed by atoms with Crippen molar-refractivity contribution in [1.82, 2.24) is 9.55 Å². The number of hydrogen-bond donors (Lipinski definition) is 3. The van der Waals surface area contributed by atoms with Gasteiger partial charge >= 0.3 is 5.69 Å². The van der Waals surface area contributed by atoms with Crippen LogP contribution in [0.5, 0.6) is 0 Å². The van der Waals surface area contributed by atoms with E-state index in [1.54, 1.807) is 0 Å². The minimum atomic E-state index is -1.03. The van der Waals surface area contributed by atoms with Gasteiger partial charge in [0.15, 0.2) is 6.23 Å². The van der Waals surface area contributed by atoms with Gasteiger partial charge in [0.25, 0.3) is 0 Å². The maximum atomic E-state index is 11.7. The molecule has 1 unspecified atom stereocenters. The van der Waals surface area contributed by atoms with Gasteiger partial charge in [-0.05, 0) is 12.8 Å². The van der Waals surface area contributed by atoms with Crippen molar-refractivity contribution in [3.05, 3.63) is 22.7 Å². The SMILES string of the molecule is C=N[C@@H]1[C@H](n2ccc(N)nc2=O)OC(CO)[C@@H]1O. The van der Waals surface area contributed by atoms with Crippen LogP contribution in [-0.4, -0.2) is 51.3 Å². The van der Waals surface area contributed by atoms with E-state index in [1.165, 1.54) is 12.3 Å². The van der Waals surface area contributed by atoms with Crippen molar-refractivity contribution >= 4 is 12.5 Å². The zero-order valence-corrected chi connectivity index (χ0v) is 9.51. The first-order chi connectivity index (χ1) is 8.58. The van der Waals surface area contributed by atoms with Crippen LogP contribution in [0.4, 0.5) is 5.82 Å². The summed E-state index contributed by atoms with van der Waals surface area (Å²) < 4.78 is 6.54. The molecule has 1 saturated heterocycles. The van der Waals surface area contributed by atoms with E-state index in [0.717, 1.165) is 4.57 Å². The molecule has 1 aliphatic rings. The average molecular weight is 254 g/mol. The largest absolute Gasteiger partial charge is 0.394 e. The van der Waals surface area contributed by atoms with Gasteiger partial charge in [-0.1, -0.05) is 0 Å². The first-order valence-electron chi connectivity index (χ1n) is 5.33. The number of aromatic nitrogens is 2. The van der Waals surface area contributed by atoms with Crippen LogP contribution in [0.1, 0.15) is 6.23 Å². The molecule has 2 heterocycles. The van der Waals surface area contributed by atoms with Crippen molar-refractivity contribution < 1.29 is 14.9 Å². The number of nitrogen functional groups attached to an aromatic ring is 1. The molecule has 98 valence electrons. The second-order valence-electron chi connectivity index (χ2n) is 3.95. The Bertz CT molecular complexity index is 503. The highest BCUT2D eigenvalue weighted by atomic mass is 16.5. The predicted molar refractivity (Wildman–Crippen MR) is 63.2 cm³/mol. The Hall–Kier alpha value is -1.77. The number of rotatable bonds is 3. The summed E-state index contributed by atoms with van der Waals surface area (Å²) in [5.41, 5.74) is 4.77. The van der Waals surface area contributed by atoms with E-state index >= 15 is 0 Å². The molecule has 8 heteroatoms. The van der Waals surface area contributed by atoms with E-state index in [2.05, 4.69) is 16.7 Å². The number of aliphatic hydroxyl groups excluding tert-OH is 2. The molecule has 18 heavy (non-hydrogen) atoms. The second kappa shape index (κ2) is 4.84. The van der Waals surface area contributed by atoms with Gasteiger partial charge in [0, 0.05) is 6.20 Å². The molecular formula is C10H14N4O4. The summed E-state index contributed by atoms with van der Waals surface area (Å²) in [5, 5.41) is 18.9. The lowest BCUT2D eigenvalue weighted by Crippen LogP contribution is -2.35. The Labute approximate surface area is 102 Å². The molecule has 2 rings (SSSR count). The molecule has 0 saturated carbocycles. The number of ether oxygens (including phenoxy) is 1. The highest BCUT2D eigenvalue weighted by Gasteiger charge is 2.44. The van der Waals surface area contributed by atoms with Crippen LogP contribution in [0.2, 0.25) is 0 Å². The Balaban J connectivity index is 2.38. The van der Waals surface area contributed by atoms with Gasteiger partial charge in [0.2, 0.25) is 0 Å². The van der Waals surface area contributed by atoms with Gasteiger partial charge in [-0.15, -0.1) is 0 Å². The van der Waals surface area contributed by atoms with E-state index in [1.807, 2.05) is 0 Å². The summed E-state index contributed by atoms with van der Waals surface area (Å²) in [6.07, 6.45) is -1.29. The van der Waals surface area contributed by atoms with E-state index in [9.17, 15) is 9.90 Å². The van der Waals surface area contributed by atoms with E-state index < -0.39 is 30.2 Å². The molecule has 8 nitrogen and oxygen atoms in total. The van der Waals surface area contributed by atoms with Crippen molar-refractivity contribution in [2.75, 3.05) is 12.3 Å². The summed E-state index contributed by atoms with van der Waals surface area (Å²) in [4.78, 5) is 19.0. The Morgan fingerprint density at radius 1 is 1.67 bits per heavy atom. The molecule has 0 amide bonds. The second-order valence-corrected chi connectivity index (χ2v) is 3.95. The summed E-state index contributed by atoms with van der Waals surface area (Å²) in [5.74, 6) is 0.0941. The maximum Gasteiger partial charge on any atom is 0.351 e. The Morgan fingerprint density at radius 3 is 2.94 bits per heavy atom. The van der Waals surface area contributed by atoms with Crippen LogP contribution in [0.15, 0.2) is 22.1 Å². The van der Waals surface area contributed by atoms with E-state index in [0.29, 0.717) is 0 Å². The summed E-state index contributed by atoms with van der Waals surface area (Å²) in [6.45, 7) is 2.98. The quantitative estimate of drug-likeness (QED) is 0.544. The topological polar surface area (TPSA) is 123 Å². The molecule has 0 bridgehead atoms. The fourth-order valence-electron chi connectivity index (χ4n) is 1.93. The van der Waals surface area contributed by atoms with Crippen molar-refractivity contribution in [2.24, 2.45) is 4.99 Å². The zero-order valence-electron chi connectivity index (χ0n) is 9.51. The molecule has 1 aliphatic heterocycles. The van der Waals surface area contributed by atoms with Crippen LogP contribution >= 0.6 is 0 Å². The molecule has 1 aromatic heterocycles. The van der Waals surface area contributed by atoms with Crippen LogP contribution in [0, 0.1) is 0 Å². The van der Waals surface area contributed by atoms with Crippen molar-refractivity contribution in [3.63, 3.8) is 0 Å². The maximum absolute atomic E-state index is 11.7. The molecule has 0 aliphatic carbocycles. The van der Waals surface area contributed by atoms with Gasteiger partial charge in [-0.2, -0.15) is 4.98 Å². The van der Waals surface area contributed by atoms with Gasteiger partial charge in [-0.3, -0.25) is 9.56 Å². The Kier molecular flexibility index (Phi) is 3.41. The van der Waals surface area contributed by atoms with Crippen molar-refractivity contribution in [3.8, 4) is 0 Å². The smallest absolute Gasteiger partial charge is 0.351 e. The number of aliphatic hydroxyl groups is 2. The lowest BCUT2D eigenvalue weighted by molar-refractivity contribution is -0.0463. The fourth-order valence-corrected chi connectivity index (χ4v) is 1.93. The monoisotopic (exact) mass is 254 g/mol. The first kappa shape index (κ1) is 12.7. The third-order valence-electron chi connectivity index (χ3n) is 2.85. The van der Waals surface area contributed by atoms with E-state index in [4.69, 9.17) is 15.6 Å². The predicted octanol–water partition coefficient (Wildman–Crippen LogP) is -1.85. The lowest BCUT2D eigenvalue weighted by Gasteiger charge is -2.17. The normalized spacial score (nSPS) is 31.4. The van der Waals surface area contributed by atoms with Crippen molar-refractivity contribution in [1.29, 1.82) is 0 Å². The number of aliphatic imine (C=N–C) groups is 1. The number of hydrogen-bond acceptors (Lipinski definition) is 7. The average Bonchev–Trinajstić information content (AvgIpc) is 2.65. The third-order valence-corrected chi connectivity index (χ3v) is 2.85. The lowest BCUT2D eigenvalue weighted by atomic mass is 10.1. The minimum absolute atomic E-state index is 0.0941. The number of nitrogens with two attached hydrogens (primary N) is 1. The number of anilines is 1. The highest BCUT2D eigenvalue weighted by Crippen LogP contribution is 2.30. The van der Waals surface area contributed by atoms with Gasteiger partial charge in [-0.25, -0.2) is 4.79 Å². The molecule has 1 fully saturated rings. The molecule has 0 spiro atoms. The first-order valence-corrected chi connectivity index (χ1v) is 5.33. The molecule has 1 aromatic rings. The Morgan fingerprint density at radius 2 is 2.39 bits per heavy atom. The van der Waals surface area contributed by atoms with Crippen LogP contribution < -0.4 is 11.4 Å². The standard InChI is InChI=1S/C10H14N4O4/c1-12-7-8(16)5(4-15)18-9(7)14-3-2-6(11)13-10(14)17/h2-3,5,7-9,15-16H,1,4H2,(H2,11,13,17)/t5?,7-,8-,9+/m0/s1. The van der Waals surface area contributed by atoms with Gasteiger partial charge < -0.3 is 20.7 Å². The molecule has 0 radical (unpaired) electrons. The van der Waals surface area contributed by atoms with Gasteiger partial charge in [0.05, 0.1) is 6.61 Å². The molecule has 0 aromatic carbocycles. The zero-order chi connectivity index (χ0) is 13.3. The molecule has 4 atom stereocenters. The molecule has 4 N–H and O–H groups in total. The van der Waals surface area contributed by atoms with Crippen LogP contribution in [0.3, 0.4) is 0 Å². The summed E-state index contributed by atoms with van der Waals surface area (Å²) in [6, 6.07) is 0.689. The van der Waals surface area contributed by atoms with Crippen LogP contribution in [0.25, 0.3) is 0 Å². The highest BCUT2D eigenvalue weighted by molar-refractivity contribution is 5.26. The van der Waals surface area contributed by atoms with E-state index in [-0.39, 0.29) is 12.4 Å². The van der Waals surface area contributed by atoms with Gasteiger partial charge in [0.1, 0.15) is 24.1 Å².